The highest BCUT2D eigenvalue weighted by atomic mass is 16.5. The zero-order chi connectivity index (χ0) is 13.5. The zero-order valence-electron chi connectivity index (χ0n) is 11.3. The van der Waals surface area contributed by atoms with Crippen molar-refractivity contribution in [3.63, 3.8) is 0 Å². The third-order valence-corrected chi connectivity index (χ3v) is 4.10. The van der Waals surface area contributed by atoms with Crippen LogP contribution in [0.5, 0.6) is 0 Å². The van der Waals surface area contributed by atoms with Crippen LogP contribution < -0.4 is 5.73 Å². The minimum Gasteiger partial charge on any atom is -0.370 e. The number of nitrogens with two attached hydrogens (primary N) is 1. The van der Waals surface area contributed by atoms with E-state index < -0.39 is 5.54 Å². The summed E-state index contributed by atoms with van der Waals surface area (Å²) in [6.07, 6.45) is 1.61. The van der Waals surface area contributed by atoms with Crippen molar-refractivity contribution >= 4 is 5.91 Å². The first-order chi connectivity index (χ1) is 9.10. The summed E-state index contributed by atoms with van der Waals surface area (Å²) >= 11 is 0. The van der Waals surface area contributed by atoms with Crippen molar-refractivity contribution in [2.24, 2.45) is 5.73 Å². The first-order valence-corrected chi connectivity index (χ1v) is 6.85. The van der Waals surface area contributed by atoms with E-state index in [9.17, 15) is 4.79 Å². The van der Waals surface area contributed by atoms with Crippen LogP contribution >= 0.6 is 0 Å². The van der Waals surface area contributed by atoms with E-state index in [1.165, 1.54) is 11.1 Å². The van der Waals surface area contributed by atoms with Gasteiger partial charge in [0, 0.05) is 6.54 Å². The fraction of sp³-hybridized carbons (Fsp3) is 0.533. The van der Waals surface area contributed by atoms with E-state index in [0.29, 0.717) is 19.7 Å². The Bertz CT molecular complexity index is 497. The van der Waals surface area contributed by atoms with Crippen molar-refractivity contribution in [3.05, 3.63) is 35.4 Å². The number of ether oxygens (including phenoxy) is 1. The van der Waals surface area contributed by atoms with Crippen molar-refractivity contribution in [1.82, 2.24) is 4.90 Å². The Kier molecular flexibility index (Phi) is 3.07. The highest BCUT2D eigenvalue weighted by Gasteiger charge is 2.48. The van der Waals surface area contributed by atoms with Crippen LogP contribution in [0.1, 0.15) is 30.1 Å². The smallest absolute Gasteiger partial charge is 0.242 e. The van der Waals surface area contributed by atoms with E-state index >= 15 is 0 Å². The molecular weight excluding hydrogens is 240 g/mol. The Balaban J connectivity index is 1.75. The molecule has 4 nitrogen and oxygen atoms in total. The molecule has 1 heterocycles. The topological polar surface area (TPSA) is 55.6 Å². The molecule has 1 aliphatic carbocycles. The molecule has 0 spiro atoms. The average molecular weight is 260 g/mol. The molecule has 4 heteroatoms. The van der Waals surface area contributed by atoms with Gasteiger partial charge in [-0.25, -0.2) is 0 Å². The van der Waals surface area contributed by atoms with Crippen molar-refractivity contribution in [2.45, 2.75) is 31.4 Å². The van der Waals surface area contributed by atoms with Gasteiger partial charge in [0.05, 0.1) is 18.7 Å². The summed E-state index contributed by atoms with van der Waals surface area (Å²) in [5, 5.41) is 0. The maximum atomic E-state index is 12.3. The molecule has 1 saturated carbocycles. The molecule has 1 aliphatic heterocycles. The van der Waals surface area contributed by atoms with Gasteiger partial charge in [0.2, 0.25) is 5.91 Å². The van der Waals surface area contributed by atoms with Crippen LogP contribution in [-0.4, -0.2) is 36.0 Å². The highest BCUT2D eigenvalue weighted by molar-refractivity contribution is 5.89. The fourth-order valence-electron chi connectivity index (χ4n) is 2.63. The van der Waals surface area contributed by atoms with E-state index in [2.05, 4.69) is 19.1 Å². The standard InChI is InChI=1S/C15H20N2O2/c1-11-4-2-3-5-12(11)13-10-17(8-9-19-13)14(18)15(16)6-7-15/h2-5,13H,6-10,16H2,1H3/t13-/m0/s1. The summed E-state index contributed by atoms with van der Waals surface area (Å²) in [5.74, 6) is 0.0920. The van der Waals surface area contributed by atoms with Gasteiger partial charge in [0.1, 0.15) is 6.10 Å². The number of carbonyl (C=O) groups is 1. The molecular formula is C15H20N2O2. The quantitative estimate of drug-likeness (QED) is 0.874. The number of nitrogens with zero attached hydrogens (tertiary/aromatic N) is 1. The second-order valence-corrected chi connectivity index (χ2v) is 5.62. The SMILES string of the molecule is Cc1ccccc1[C@@H]1CN(C(=O)C2(N)CC2)CCO1. The van der Waals surface area contributed by atoms with Gasteiger partial charge in [-0.3, -0.25) is 4.79 Å². The van der Waals surface area contributed by atoms with Crippen molar-refractivity contribution in [2.75, 3.05) is 19.7 Å². The second-order valence-electron chi connectivity index (χ2n) is 5.62. The lowest BCUT2D eigenvalue weighted by atomic mass is 10.0. The van der Waals surface area contributed by atoms with Crippen LogP contribution in [0.25, 0.3) is 0 Å². The van der Waals surface area contributed by atoms with Crippen LogP contribution in [-0.2, 0) is 9.53 Å². The van der Waals surface area contributed by atoms with E-state index in [-0.39, 0.29) is 12.0 Å². The number of amides is 1. The van der Waals surface area contributed by atoms with Crippen LogP contribution in [0.2, 0.25) is 0 Å². The van der Waals surface area contributed by atoms with E-state index in [0.717, 1.165) is 12.8 Å². The number of morpholine rings is 1. The Morgan fingerprint density at radius 3 is 2.84 bits per heavy atom. The third-order valence-electron chi connectivity index (χ3n) is 4.10. The summed E-state index contributed by atoms with van der Waals surface area (Å²) in [7, 11) is 0. The lowest BCUT2D eigenvalue weighted by molar-refractivity contribution is -0.141. The van der Waals surface area contributed by atoms with Crippen molar-refractivity contribution in [1.29, 1.82) is 0 Å². The Labute approximate surface area is 113 Å². The van der Waals surface area contributed by atoms with E-state index in [1.807, 2.05) is 17.0 Å². The first-order valence-electron chi connectivity index (χ1n) is 6.85. The molecule has 2 aliphatic rings. The van der Waals surface area contributed by atoms with Crippen LogP contribution in [0.3, 0.4) is 0 Å². The number of carbonyl (C=O) groups excluding carboxylic acids is 1. The first kappa shape index (κ1) is 12.6. The van der Waals surface area contributed by atoms with E-state index in [4.69, 9.17) is 10.5 Å². The van der Waals surface area contributed by atoms with Gasteiger partial charge in [-0.2, -0.15) is 0 Å². The highest BCUT2D eigenvalue weighted by Crippen LogP contribution is 2.35. The van der Waals surface area contributed by atoms with Crippen LogP contribution in [0, 0.1) is 6.92 Å². The maximum absolute atomic E-state index is 12.3. The van der Waals surface area contributed by atoms with Gasteiger partial charge < -0.3 is 15.4 Å². The molecule has 1 saturated heterocycles. The Morgan fingerprint density at radius 1 is 1.42 bits per heavy atom. The van der Waals surface area contributed by atoms with Gasteiger partial charge in [0.25, 0.3) is 0 Å². The van der Waals surface area contributed by atoms with Crippen LogP contribution in [0.15, 0.2) is 24.3 Å². The summed E-state index contributed by atoms with van der Waals surface area (Å²) in [5.41, 5.74) is 7.80. The molecule has 0 bridgehead atoms. The summed E-state index contributed by atoms with van der Waals surface area (Å²) in [4.78, 5) is 14.2. The van der Waals surface area contributed by atoms with Crippen molar-refractivity contribution in [3.8, 4) is 0 Å². The molecule has 2 N–H and O–H groups in total. The Hall–Kier alpha value is -1.39. The molecule has 0 unspecified atom stereocenters. The normalized spacial score (nSPS) is 25.2. The summed E-state index contributed by atoms with van der Waals surface area (Å²) in [6.45, 7) is 3.92. The molecule has 0 radical (unpaired) electrons. The molecule has 3 rings (SSSR count). The van der Waals surface area contributed by atoms with Gasteiger partial charge in [0.15, 0.2) is 0 Å². The zero-order valence-corrected chi connectivity index (χ0v) is 11.3. The molecule has 102 valence electrons. The summed E-state index contributed by atoms with van der Waals surface area (Å²) < 4.78 is 5.82. The molecule has 0 aromatic heterocycles. The molecule has 1 atom stereocenters. The monoisotopic (exact) mass is 260 g/mol. The predicted molar refractivity (Wildman–Crippen MR) is 72.6 cm³/mol. The lowest BCUT2D eigenvalue weighted by Crippen LogP contribution is -2.50. The summed E-state index contributed by atoms with van der Waals surface area (Å²) in [6, 6.07) is 8.18. The molecule has 1 aromatic carbocycles. The van der Waals surface area contributed by atoms with Crippen molar-refractivity contribution < 1.29 is 9.53 Å². The largest absolute Gasteiger partial charge is 0.370 e. The van der Waals surface area contributed by atoms with Gasteiger partial charge in [-0.15, -0.1) is 0 Å². The predicted octanol–water partition coefficient (Wildman–Crippen LogP) is 1.39. The number of rotatable bonds is 2. The van der Waals surface area contributed by atoms with Gasteiger partial charge in [-0.1, -0.05) is 24.3 Å². The van der Waals surface area contributed by atoms with E-state index in [1.54, 1.807) is 0 Å². The minimum absolute atomic E-state index is 0.0266. The second kappa shape index (κ2) is 4.62. The lowest BCUT2D eigenvalue weighted by Gasteiger charge is -2.35. The van der Waals surface area contributed by atoms with Crippen LogP contribution in [0.4, 0.5) is 0 Å². The number of aryl methyl sites for hydroxylation is 1. The Morgan fingerprint density at radius 2 is 2.16 bits per heavy atom. The molecule has 19 heavy (non-hydrogen) atoms. The maximum Gasteiger partial charge on any atom is 0.242 e. The number of hydrogen-bond donors (Lipinski definition) is 1. The number of hydrogen-bond acceptors (Lipinski definition) is 3. The van der Waals surface area contributed by atoms with Gasteiger partial charge in [-0.05, 0) is 30.9 Å². The molecule has 1 aromatic rings. The molecule has 2 fully saturated rings. The third kappa shape index (κ3) is 2.38. The van der Waals surface area contributed by atoms with Gasteiger partial charge >= 0.3 is 0 Å². The average Bonchev–Trinajstić information content (AvgIpc) is 3.18. The fourth-order valence-corrected chi connectivity index (χ4v) is 2.63. The number of benzene rings is 1. The minimum atomic E-state index is -0.576. The molecule has 1 amide bonds.